The van der Waals surface area contributed by atoms with E-state index < -0.39 is 0 Å². The summed E-state index contributed by atoms with van der Waals surface area (Å²) < 4.78 is 0. The van der Waals surface area contributed by atoms with E-state index >= 15 is 0 Å². The molecule has 0 heterocycles. The van der Waals surface area contributed by atoms with Gasteiger partial charge in [0.15, 0.2) is 0 Å². The smallest absolute Gasteiger partial charge is 0.234 e. The van der Waals surface area contributed by atoms with Crippen LogP contribution in [0, 0.1) is 0 Å². The first-order valence-corrected chi connectivity index (χ1v) is 4.75. The molecule has 6 heteroatoms. The van der Waals surface area contributed by atoms with E-state index in [1.54, 1.807) is 0 Å². The zero-order chi connectivity index (χ0) is 10.3. The minimum absolute atomic E-state index is 0. The van der Waals surface area contributed by atoms with E-state index in [1.807, 2.05) is 21.0 Å². The number of carbonyl (C=O) groups is 1. The van der Waals surface area contributed by atoms with Crippen LogP contribution in [-0.4, -0.2) is 44.0 Å². The third-order valence-corrected chi connectivity index (χ3v) is 1.87. The third kappa shape index (κ3) is 11.9. The van der Waals surface area contributed by atoms with Gasteiger partial charge in [-0.15, -0.1) is 24.8 Å². The number of hydrogen-bond acceptors (Lipinski definition) is 3. The average Bonchev–Trinajstić information content (AvgIpc) is 2.02. The van der Waals surface area contributed by atoms with Crippen LogP contribution in [0.15, 0.2) is 0 Å². The molecule has 0 saturated carbocycles. The summed E-state index contributed by atoms with van der Waals surface area (Å²) >= 11 is 0. The number of rotatable bonds is 7. The Balaban J connectivity index is -0.000000720. The molecule has 0 rings (SSSR count). The topological polar surface area (TPSA) is 58.4 Å². The highest BCUT2D eigenvalue weighted by Crippen LogP contribution is 1.94. The van der Waals surface area contributed by atoms with Crippen molar-refractivity contribution >= 4 is 30.7 Å². The molecule has 0 aliphatic heterocycles. The highest BCUT2D eigenvalue weighted by molar-refractivity contribution is 5.85. The molecule has 0 unspecified atom stereocenters. The van der Waals surface area contributed by atoms with E-state index in [9.17, 15) is 4.79 Å². The summed E-state index contributed by atoms with van der Waals surface area (Å²) in [6, 6.07) is -0.162. The molecule has 0 aromatic heterocycles. The number of carbonyl (C=O) groups excluding carboxylic acids is 1. The van der Waals surface area contributed by atoms with Gasteiger partial charge in [0.2, 0.25) is 5.91 Å². The van der Waals surface area contributed by atoms with Crippen molar-refractivity contribution in [3.05, 3.63) is 0 Å². The van der Waals surface area contributed by atoms with Crippen molar-refractivity contribution in [2.45, 2.75) is 25.8 Å². The van der Waals surface area contributed by atoms with Crippen molar-refractivity contribution < 1.29 is 4.79 Å². The maximum absolute atomic E-state index is 10.9. The minimum Gasteiger partial charge on any atom is -0.368 e. The highest BCUT2D eigenvalue weighted by atomic mass is 35.5. The minimum atomic E-state index is -0.249. The van der Waals surface area contributed by atoms with Gasteiger partial charge in [0.05, 0.1) is 6.04 Å². The van der Waals surface area contributed by atoms with Crippen LogP contribution in [0.25, 0.3) is 0 Å². The first-order chi connectivity index (χ1) is 6.07. The fourth-order valence-electron chi connectivity index (χ4n) is 1.10. The van der Waals surface area contributed by atoms with Crippen LogP contribution in [0.1, 0.15) is 19.8 Å². The second-order valence-electron chi connectivity index (χ2n) is 3.50. The molecule has 94 valence electrons. The van der Waals surface area contributed by atoms with Crippen LogP contribution in [0.5, 0.6) is 0 Å². The summed E-state index contributed by atoms with van der Waals surface area (Å²) in [7, 11) is 4.00. The second-order valence-corrected chi connectivity index (χ2v) is 3.50. The maximum Gasteiger partial charge on any atom is 0.234 e. The van der Waals surface area contributed by atoms with Crippen LogP contribution in [0.2, 0.25) is 0 Å². The first kappa shape index (κ1) is 20.4. The van der Waals surface area contributed by atoms with Gasteiger partial charge >= 0.3 is 0 Å². The molecule has 0 fully saturated rings. The summed E-state index contributed by atoms with van der Waals surface area (Å²) in [4.78, 5) is 13.0. The zero-order valence-corrected chi connectivity index (χ0v) is 11.3. The number of nitrogens with zero attached hydrogens (tertiary/aromatic N) is 1. The molecule has 0 aliphatic rings. The molecule has 1 amide bonds. The molecule has 0 bridgehead atoms. The van der Waals surface area contributed by atoms with Crippen LogP contribution < -0.4 is 11.1 Å². The van der Waals surface area contributed by atoms with E-state index in [1.165, 1.54) is 0 Å². The molecular weight excluding hydrogens is 237 g/mol. The maximum atomic E-state index is 10.9. The molecule has 0 radical (unpaired) electrons. The monoisotopic (exact) mass is 259 g/mol. The lowest BCUT2D eigenvalue weighted by Gasteiger charge is -2.16. The van der Waals surface area contributed by atoms with E-state index in [0.29, 0.717) is 0 Å². The number of nitrogens with one attached hydrogen (secondary N) is 1. The number of nitrogens with two attached hydrogens (primary N) is 1. The Morgan fingerprint density at radius 3 is 2.27 bits per heavy atom. The number of likely N-dealkylation sites (N-methyl/N-ethyl adjacent to an activating group) is 1. The fraction of sp³-hybridized carbons (Fsp3) is 0.889. The quantitative estimate of drug-likeness (QED) is 0.706. The Hall–Kier alpha value is -0.0300. The third-order valence-electron chi connectivity index (χ3n) is 1.87. The van der Waals surface area contributed by atoms with Crippen LogP contribution in [0.3, 0.4) is 0 Å². The van der Waals surface area contributed by atoms with Gasteiger partial charge in [-0.05, 0) is 20.5 Å². The number of halogens is 2. The molecule has 0 saturated heterocycles. The molecule has 0 spiro atoms. The number of primary amides is 1. The Kier molecular flexibility index (Phi) is 16.4. The van der Waals surface area contributed by atoms with Gasteiger partial charge in [-0.2, -0.15) is 0 Å². The van der Waals surface area contributed by atoms with Gasteiger partial charge in [-0.1, -0.05) is 13.3 Å². The summed E-state index contributed by atoms with van der Waals surface area (Å²) in [6.07, 6.45) is 1.80. The van der Waals surface area contributed by atoms with Crippen molar-refractivity contribution in [2.75, 3.05) is 27.2 Å². The highest BCUT2D eigenvalue weighted by Gasteiger charge is 2.12. The first-order valence-electron chi connectivity index (χ1n) is 4.75. The van der Waals surface area contributed by atoms with Gasteiger partial charge < -0.3 is 16.0 Å². The lowest BCUT2D eigenvalue weighted by atomic mass is 10.1. The summed E-state index contributed by atoms with van der Waals surface area (Å²) in [5.74, 6) is -0.249. The van der Waals surface area contributed by atoms with Crippen LogP contribution in [-0.2, 0) is 4.79 Å². The molecule has 0 aromatic rings. The Bertz CT molecular complexity index is 156. The lowest BCUT2D eigenvalue weighted by molar-refractivity contribution is -0.120. The van der Waals surface area contributed by atoms with E-state index in [-0.39, 0.29) is 36.8 Å². The predicted molar refractivity (Wildman–Crippen MR) is 68.9 cm³/mol. The molecular formula is C9H23Cl2N3O. The van der Waals surface area contributed by atoms with Crippen LogP contribution in [0.4, 0.5) is 0 Å². The molecule has 0 aromatic carbocycles. The molecule has 15 heavy (non-hydrogen) atoms. The largest absolute Gasteiger partial charge is 0.368 e. The second kappa shape index (κ2) is 12.0. The molecule has 3 N–H and O–H groups in total. The van der Waals surface area contributed by atoms with Gasteiger partial charge in [0.1, 0.15) is 0 Å². The molecule has 1 atom stereocenters. The lowest BCUT2D eigenvalue weighted by Crippen LogP contribution is -2.43. The summed E-state index contributed by atoms with van der Waals surface area (Å²) in [5, 5.41) is 3.14. The molecule has 4 nitrogen and oxygen atoms in total. The number of hydrogen-bond donors (Lipinski definition) is 2. The van der Waals surface area contributed by atoms with Crippen molar-refractivity contribution in [2.24, 2.45) is 5.73 Å². The van der Waals surface area contributed by atoms with Gasteiger partial charge in [-0.25, -0.2) is 0 Å². The van der Waals surface area contributed by atoms with E-state index in [4.69, 9.17) is 5.73 Å². The van der Waals surface area contributed by atoms with E-state index in [0.717, 1.165) is 25.9 Å². The standard InChI is InChI=1S/C9H21N3O.2ClH/c1-4-5-8(9(10)13)11-6-7-12(2)3;;/h8,11H,4-7H2,1-3H3,(H2,10,13);2*1H/t8-;;/m0../s1. The fourth-order valence-corrected chi connectivity index (χ4v) is 1.10. The molecule has 0 aliphatic carbocycles. The Morgan fingerprint density at radius 1 is 1.40 bits per heavy atom. The number of amides is 1. The van der Waals surface area contributed by atoms with Gasteiger partial charge in [0.25, 0.3) is 0 Å². The van der Waals surface area contributed by atoms with Crippen molar-refractivity contribution in [1.82, 2.24) is 10.2 Å². The predicted octanol–water partition coefficient (Wildman–Crippen LogP) is 0.635. The SMILES string of the molecule is CCC[C@H](NCCN(C)C)C(N)=O.Cl.Cl. The van der Waals surface area contributed by atoms with E-state index in [2.05, 4.69) is 10.2 Å². The van der Waals surface area contributed by atoms with Gasteiger partial charge in [-0.3, -0.25) is 4.79 Å². The zero-order valence-electron chi connectivity index (χ0n) is 9.66. The summed E-state index contributed by atoms with van der Waals surface area (Å²) in [6.45, 7) is 3.78. The van der Waals surface area contributed by atoms with Crippen LogP contribution >= 0.6 is 24.8 Å². The normalized spacial score (nSPS) is 11.5. The Labute approximate surface area is 105 Å². The van der Waals surface area contributed by atoms with Gasteiger partial charge in [0, 0.05) is 13.1 Å². The average molecular weight is 260 g/mol. The Morgan fingerprint density at radius 2 is 1.93 bits per heavy atom. The van der Waals surface area contributed by atoms with Crippen molar-refractivity contribution in [3.63, 3.8) is 0 Å². The van der Waals surface area contributed by atoms with Crippen molar-refractivity contribution in [3.8, 4) is 0 Å². The van der Waals surface area contributed by atoms with Crippen molar-refractivity contribution in [1.29, 1.82) is 0 Å². The summed E-state index contributed by atoms with van der Waals surface area (Å²) in [5.41, 5.74) is 5.22.